The van der Waals surface area contributed by atoms with Crippen LogP contribution >= 0.6 is 0 Å². The highest BCUT2D eigenvalue weighted by molar-refractivity contribution is 7.91. The molecule has 6 rings (SSSR count). The number of anilines is 2. The lowest BCUT2D eigenvalue weighted by Crippen LogP contribution is -2.44. The molecular formula is C23H27N3O4S. The maximum absolute atomic E-state index is 13.3. The van der Waals surface area contributed by atoms with Gasteiger partial charge in [-0.05, 0) is 60.8 Å². The van der Waals surface area contributed by atoms with E-state index < -0.39 is 9.84 Å². The molecule has 8 heteroatoms. The van der Waals surface area contributed by atoms with Crippen molar-refractivity contribution in [2.24, 2.45) is 0 Å². The molecule has 4 aliphatic rings. The lowest BCUT2D eigenvalue weighted by atomic mass is 9.66. The Bertz CT molecular complexity index is 1110. The molecule has 2 bridgehead atoms. The average molecular weight is 442 g/mol. The fraction of sp³-hybridized carbons (Fsp3) is 0.478. The van der Waals surface area contributed by atoms with Gasteiger partial charge in [0.25, 0.3) is 5.91 Å². The summed E-state index contributed by atoms with van der Waals surface area (Å²) in [6, 6.07) is 7.78. The number of methoxy groups -OCH3 is 1. The molecule has 0 spiro atoms. The molecule has 0 unspecified atom stereocenters. The predicted molar refractivity (Wildman–Crippen MR) is 119 cm³/mol. The first-order valence-corrected chi connectivity index (χ1v) is 12.7. The summed E-state index contributed by atoms with van der Waals surface area (Å²) in [5.41, 5.74) is 4.68. The van der Waals surface area contributed by atoms with Gasteiger partial charge in [0.15, 0.2) is 9.84 Å². The maximum atomic E-state index is 13.3. The van der Waals surface area contributed by atoms with Gasteiger partial charge in [0.2, 0.25) is 0 Å². The van der Waals surface area contributed by atoms with Crippen molar-refractivity contribution in [2.45, 2.75) is 37.5 Å². The van der Waals surface area contributed by atoms with E-state index in [0.717, 1.165) is 48.4 Å². The van der Waals surface area contributed by atoms with Crippen molar-refractivity contribution in [3.63, 3.8) is 0 Å². The highest BCUT2D eigenvalue weighted by atomic mass is 32.2. The van der Waals surface area contributed by atoms with Crippen molar-refractivity contribution in [1.29, 1.82) is 0 Å². The number of carbonyl (C=O) groups is 1. The first-order chi connectivity index (χ1) is 14.9. The van der Waals surface area contributed by atoms with Crippen molar-refractivity contribution in [1.82, 2.24) is 9.88 Å². The molecule has 1 saturated heterocycles. The zero-order valence-corrected chi connectivity index (χ0v) is 18.5. The van der Waals surface area contributed by atoms with Gasteiger partial charge < -0.3 is 15.0 Å². The molecule has 7 nitrogen and oxygen atoms in total. The minimum Gasteiger partial charge on any atom is -0.497 e. The smallest absolute Gasteiger partial charge is 0.272 e. The SMILES string of the molecule is COc1cccc(Nc2cnc(C(=O)N3CCS(=O)(=O)CC3)c3c2C2CCC3CC2)c1. The van der Waals surface area contributed by atoms with Crippen LogP contribution in [-0.4, -0.2) is 55.9 Å². The molecule has 31 heavy (non-hydrogen) atoms. The fourth-order valence-corrected chi connectivity index (χ4v) is 6.46. The molecule has 164 valence electrons. The van der Waals surface area contributed by atoms with Gasteiger partial charge in [-0.15, -0.1) is 0 Å². The van der Waals surface area contributed by atoms with Crippen LogP contribution in [0.3, 0.4) is 0 Å². The molecule has 0 atom stereocenters. The number of hydrogen-bond donors (Lipinski definition) is 1. The highest BCUT2D eigenvalue weighted by Gasteiger charge is 2.39. The summed E-state index contributed by atoms with van der Waals surface area (Å²) >= 11 is 0. The first-order valence-electron chi connectivity index (χ1n) is 10.9. The van der Waals surface area contributed by atoms with Gasteiger partial charge >= 0.3 is 0 Å². The van der Waals surface area contributed by atoms with Crippen LogP contribution in [0.1, 0.15) is 59.1 Å². The number of aromatic nitrogens is 1. The van der Waals surface area contributed by atoms with Crippen molar-refractivity contribution in [3.05, 3.63) is 47.3 Å². The van der Waals surface area contributed by atoms with Crippen LogP contribution in [0.15, 0.2) is 30.5 Å². The number of ether oxygens (including phenoxy) is 1. The summed E-state index contributed by atoms with van der Waals surface area (Å²) in [6.45, 7) is 0.491. The van der Waals surface area contributed by atoms with Gasteiger partial charge in [0.05, 0.1) is 30.5 Å². The Hall–Kier alpha value is -2.61. The first kappa shape index (κ1) is 20.3. The summed E-state index contributed by atoms with van der Waals surface area (Å²) in [6.07, 6.45) is 6.19. The number of benzene rings is 1. The highest BCUT2D eigenvalue weighted by Crippen LogP contribution is 2.53. The largest absolute Gasteiger partial charge is 0.497 e. The van der Waals surface area contributed by atoms with Gasteiger partial charge in [-0.2, -0.15) is 0 Å². The van der Waals surface area contributed by atoms with Crippen molar-refractivity contribution >= 4 is 27.1 Å². The van der Waals surface area contributed by atoms with Crippen LogP contribution in [-0.2, 0) is 9.84 Å². The number of carbonyl (C=O) groups excluding carboxylic acids is 1. The minimum absolute atomic E-state index is 0.0302. The topological polar surface area (TPSA) is 88.6 Å². The lowest BCUT2D eigenvalue weighted by Gasteiger charge is -2.40. The van der Waals surface area contributed by atoms with E-state index in [2.05, 4.69) is 10.3 Å². The second-order valence-corrected chi connectivity index (χ2v) is 11.0. The lowest BCUT2D eigenvalue weighted by molar-refractivity contribution is 0.0761. The Balaban J connectivity index is 1.51. The van der Waals surface area contributed by atoms with E-state index >= 15 is 0 Å². The second kappa shape index (κ2) is 7.82. The van der Waals surface area contributed by atoms with Crippen molar-refractivity contribution < 1.29 is 17.9 Å². The molecule has 2 fully saturated rings. The van der Waals surface area contributed by atoms with E-state index in [9.17, 15) is 13.2 Å². The summed E-state index contributed by atoms with van der Waals surface area (Å²) in [5, 5.41) is 3.50. The third kappa shape index (κ3) is 3.78. The van der Waals surface area contributed by atoms with E-state index in [1.807, 2.05) is 24.3 Å². The van der Waals surface area contributed by atoms with Crippen LogP contribution in [0.25, 0.3) is 0 Å². The van der Waals surface area contributed by atoms with E-state index in [1.165, 1.54) is 5.56 Å². The Morgan fingerprint density at radius 3 is 2.45 bits per heavy atom. The number of hydrogen-bond acceptors (Lipinski definition) is 6. The number of amides is 1. The molecule has 1 N–H and O–H groups in total. The van der Waals surface area contributed by atoms with Gasteiger partial charge in [-0.1, -0.05) is 6.07 Å². The number of nitrogens with one attached hydrogen (secondary N) is 1. The number of nitrogens with zero attached hydrogens (tertiary/aromatic N) is 2. The zero-order chi connectivity index (χ0) is 21.6. The Kier molecular flexibility index (Phi) is 5.12. The summed E-state index contributed by atoms with van der Waals surface area (Å²) in [5.74, 6) is 1.47. The molecule has 2 heterocycles. The number of rotatable bonds is 4. The van der Waals surface area contributed by atoms with Crippen LogP contribution in [0.2, 0.25) is 0 Å². The molecule has 1 aromatic heterocycles. The molecule has 1 aliphatic heterocycles. The molecule has 0 radical (unpaired) electrons. The molecular weight excluding hydrogens is 414 g/mol. The van der Waals surface area contributed by atoms with Gasteiger partial charge in [-0.25, -0.2) is 13.4 Å². The van der Waals surface area contributed by atoms with E-state index in [1.54, 1.807) is 18.2 Å². The van der Waals surface area contributed by atoms with E-state index in [0.29, 0.717) is 17.5 Å². The fourth-order valence-electron chi connectivity index (χ4n) is 5.26. The molecule has 1 saturated carbocycles. The normalized spacial score (nSPS) is 23.8. The number of fused-ring (bicyclic) bond motifs is 2. The summed E-state index contributed by atoms with van der Waals surface area (Å²) in [7, 11) is -1.39. The van der Waals surface area contributed by atoms with Crippen LogP contribution < -0.4 is 10.1 Å². The second-order valence-electron chi connectivity index (χ2n) is 8.70. The van der Waals surface area contributed by atoms with Crippen molar-refractivity contribution in [2.75, 3.05) is 37.0 Å². The Morgan fingerprint density at radius 1 is 1.10 bits per heavy atom. The third-order valence-electron chi connectivity index (χ3n) is 6.88. The standard InChI is InChI=1S/C23H27N3O4S/c1-30-18-4-2-3-17(13-18)25-19-14-24-22(21-16-7-5-15(6-8-16)20(19)21)23(27)26-9-11-31(28,29)12-10-26/h2-4,13-16,25H,5-12H2,1H3. The third-order valence-corrected chi connectivity index (χ3v) is 8.49. The van der Waals surface area contributed by atoms with Gasteiger partial charge in [-0.3, -0.25) is 4.79 Å². The quantitative estimate of drug-likeness (QED) is 0.782. The molecule has 2 aromatic rings. The van der Waals surface area contributed by atoms with Crippen LogP contribution in [0, 0.1) is 0 Å². The number of pyridine rings is 1. The van der Waals surface area contributed by atoms with E-state index in [-0.39, 0.29) is 30.5 Å². The summed E-state index contributed by atoms with van der Waals surface area (Å²) in [4.78, 5) is 19.6. The predicted octanol–water partition coefficient (Wildman–Crippen LogP) is 3.46. The average Bonchev–Trinajstić information content (AvgIpc) is 2.79. The molecule has 1 aromatic carbocycles. The van der Waals surface area contributed by atoms with E-state index in [4.69, 9.17) is 4.74 Å². The molecule has 3 aliphatic carbocycles. The molecule has 1 amide bonds. The van der Waals surface area contributed by atoms with Gasteiger partial charge in [0.1, 0.15) is 11.4 Å². The Labute approximate surface area is 182 Å². The number of sulfone groups is 1. The monoisotopic (exact) mass is 441 g/mol. The zero-order valence-electron chi connectivity index (χ0n) is 17.6. The van der Waals surface area contributed by atoms with Crippen LogP contribution in [0.5, 0.6) is 5.75 Å². The van der Waals surface area contributed by atoms with Crippen molar-refractivity contribution in [3.8, 4) is 5.75 Å². The summed E-state index contributed by atoms with van der Waals surface area (Å²) < 4.78 is 28.9. The minimum atomic E-state index is -3.04. The maximum Gasteiger partial charge on any atom is 0.272 e. The Morgan fingerprint density at radius 2 is 1.77 bits per heavy atom. The van der Waals surface area contributed by atoms with Gasteiger partial charge in [0, 0.05) is 24.8 Å². The van der Waals surface area contributed by atoms with Crippen LogP contribution in [0.4, 0.5) is 11.4 Å².